The van der Waals surface area contributed by atoms with Crippen LogP contribution in [-0.2, 0) is 0 Å². The molecule has 3 aromatic rings. The highest BCUT2D eigenvalue weighted by Gasteiger charge is 2.10. The molecule has 2 aromatic carbocycles. The number of nitrogens with zero attached hydrogens (tertiary/aromatic N) is 3. The number of benzene rings is 2. The largest absolute Gasteiger partial charge is 0.295 e. The van der Waals surface area contributed by atoms with Crippen molar-refractivity contribution in [3.8, 4) is 5.69 Å². The molecule has 0 radical (unpaired) electrons. The minimum Gasteiger partial charge on any atom is -0.295 e. The second-order valence-electron chi connectivity index (χ2n) is 5.44. The number of rotatable bonds is 5. The van der Waals surface area contributed by atoms with Crippen LogP contribution in [0.2, 0.25) is 5.02 Å². The number of aromatic nitrogens is 2. The van der Waals surface area contributed by atoms with E-state index in [0.29, 0.717) is 27.7 Å². The zero-order valence-corrected chi connectivity index (χ0v) is 14.4. The van der Waals surface area contributed by atoms with Crippen molar-refractivity contribution in [3.63, 3.8) is 0 Å². The third-order valence-electron chi connectivity index (χ3n) is 3.67. The van der Waals surface area contributed by atoms with E-state index in [1.165, 1.54) is 35.2 Å². The zero-order valence-electron chi connectivity index (χ0n) is 13.6. The highest BCUT2D eigenvalue weighted by Crippen LogP contribution is 2.15. The fourth-order valence-corrected chi connectivity index (χ4v) is 2.44. The molecule has 3 rings (SSSR count). The molecule has 0 spiro atoms. The Bertz CT molecular complexity index is 1020. The van der Waals surface area contributed by atoms with Crippen molar-refractivity contribution < 1.29 is 4.92 Å². The van der Waals surface area contributed by atoms with Crippen molar-refractivity contribution in [2.75, 3.05) is 5.43 Å². The Labute approximate surface area is 152 Å². The molecule has 0 unspecified atom stereocenters. The van der Waals surface area contributed by atoms with Crippen molar-refractivity contribution in [1.29, 1.82) is 0 Å². The molecule has 1 aromatic heterocycles. The summed E-state index contributed by atoms with van der Waals surface area (Å²) in [7, 11) is 0. The van der Waals surface area contributed by atoms with Gasteiger partial charge in [-0.3, -0.25) is 25.4 Å². The number of non-ortho nitro benzene ring substituents is 1. The van der Waals surface area contributed by atoms with Crippen LogP contribution in [0.3, 0.4) is 0 Å². The molecule has 0 saturated heterocycles. The van der Waals surface area contributed by atoms with Crippen LogP contribution >= 0.6 is 11.6 Å². The van der Waals surface area contributed by atoms with Crippen molar-refractivity contribution in [2.45, 2.75) is 6.92 Å². The topological polar surface area (TPSA) is 105 Å². The van der Waals surface area contributed by atoms with Gasteiger partial charge < -0.3 is 0 Å². The highest BCUT2D eigenvalue weighted by molar-refractivity contribution is 6.30. The quantitative estimate of drug-likeness (QED) is 0.407. The Kier molecular flexibility index (Phi) is 4.85. The normalized spacial score (nSPS) is 11.0. The molecule has 0 bridgehead atoms. The number of hydrazone groups is 1. The van der Waals surface area contributed by atoms with Crippen LogP contribution < -0.4 is 11.0 Å². The number of nitro benzene ring substituents is 1. The van der Waals surface area contributed by atoms with Gasteiger partial charge >= 0.3 is 0 Å². The van der Waals surface area contributed by atoms with Crippen LogP contribution in [0.5, 0.6) is 0 Å². The summed E-state index contributed by atoms with van der Waals surface area (Å²) in [6.45, 7) is 1.76. The Balaban J connectivity index is 1.79. The average molecular weight is 372 g/mol. The molecule has 0 fully saturated rings. The second kappa shape index (κ2) is 7.24. The van der Waals surface area contributed by atoms with Crippen LogP contribution in [0, 0.1) is 17.0 Å². The Morgan fingerprint density at radius 1 is 1.19 bits per heavy atom. The number of nitro groups is 1. The molecular formula is C17H14ClN5O3. The predicted octanol–water partition coefficient (Wildman–Crippen LogP) is 3.48. The first-order chi connectivity index (χ1) is 12.5. The van der Waals surface area contributed by atoms with Gasteiger partial charge in [0.1, 0.15) is 0 Å². The van der Waals surface area contributed by atoms with E-state index in [1.54, 1.807) is 31.2 Å². The second-order valence-corrected chi connectivity index (χ2v) is 5.88. The van der Waals surface area contributed by atoms with Crippen LogP contribution in [0.1, 0.15) is 11.3 Å². The number of nitrogens with one attached hydrogen (secondary N) is 2. The molecule has 9 heteroatoms. The number of hydrogen-bond acceptors (Lipinski definition) is 5. The number of aryl methyl sites for hydroxylation is 1. The number of aromatic amines is 1. The van der Waals surface area contributed by atoms with E-state index in [4.69, 9.17) is 11.6 Å². The van der Waals surface area contributed by atoms with E-state index in [1.807, 2.05) is 0 Å². The molecule has 0 aliphatic heterocycles. The van der Waals surface area contributed by atoms with Crippen molar-refractivity contribution in [2.24, 2.45) is 5.10 Å². The van der Waals surface area contributed by atoms with E-state index < -0.39 is 4.92 Å². The van der Waals surface area contributed by atoms with Gasteiger partial charge in [0.15, 0.2) is 0 Å². The summed E-state index contributed by atoms with van der Waals surface area (Å²) in [5.41, 5.74) is 4.75. The van der Waals surface area contributed by atoms with Crippen LogP contribution in [0.15, 0.2) is 58.4 Å². The lowest BCUT2D eigenvalue weighted by molar-refractivity contribution is -0.384. The molecule has 26 heavy (non-hydrogen) atoms. The van der Waals surface area contributed by atoms with Gasteiger partial charge in [0.2, 0.25) is 0 Å². The van der Waals surface area contributed by atoms with Crippen molar-refractivity contribution in [3.05, 3.63) is 85.3 Å². The van der Waals surface area contributed by atoms with Crippen LogP contribution in [-0.4, -0.2) is 20.9 Å². The maximum absolute atomic E-state index is 12.5. The van der Waals surface area contributed by atoms with Gasteiger partial charge in [-0.15, -0.1) is 0 Å². The lowest BCUT2D eigenvalue weighted by Gasteiger charge is -2.00. The first kappa shape index (κ1) is 17.4. The summed E-state index contributed by atoms with van der Waals surface area (Å²) in [6.07, 6.45) is 1.40. The third kappa shape index (κ3) is 3.65. The molecule has 0 atom stereocenters. The highest BCUT2D eigenvalue weighted by atomic mass is 35.5. The summed E-state index contributed by atoms with van der Waals surface area (Å²) in [4.78, 5) is 22.7. The smallest absolute Gasteiger partial charge is 0.280 e. The predicted molar refractivity (Wildman–Crippen MR) is 100 cm³/mol. The summed E-state index contributed by atoms with van der Waals surface area (Å²) in [6, 6.07) is 12.7. The Morgan fingerprint density at radius 2 is 1.85 bits per heavy atom. The zero-order chi connectivity index (χ0) is 18.7. The Hall–Kier alpha value is -3.39. The van der Waals surface area contributed by atoms with Crippen molar-refractivity contribution >= 4 is 29.2 Å². The third-order valence-corrected chi connectivity index (χ3v) is 3.92. The first-order valence-electron chi connectivity index (χ1n) is 7.57. The number of H-pyrrole nitrogens is 1. The minimum absolute atomic E-state index is 0.00754. The first-order valence-corrected chi connectivity index (χ1v) is 7.94. The fourth-order valence-electron chi connectivity index (χ4n) is 2.31. The summed E-state index contributed by atoms with van der Waals surface area (Å²) < 4.78 is 1.40. The van der Waals surface area contributed by atoms with E-state index >= 15 is 0 Å². The SMILES string of the molecule is Cc1[nH]n(-c2ccc(Cl)cc2)c(=O)c1/C=N\Nc1ccc([N+](=O)[O-])cc1. The van der Waals surface area contributed by atoms with Crippen LogP contribution in [0.25, 0.3) is 5.69 Å². The van der Waals surface area contributed by atoms with Gasteiger partial charge in [-0.25, -0.2) is 4.68 Å². The number of halogens is 1. The summed E-state index contributed by atoms with van der Waals surface area (Å²) >= 11 is 5.86. The lowest BCUT2D eigenvalue weighted by atomic mass is 10.3. The van der Waals surface area contributed by atoms with Crippen molar-refractivity contribution in [1.82, 2.24) is 9.78 Å². The maximum atomic E-state index is 12.5. The monoisotopic (exact) mass is 371 g/mol. The molecule has 0 saturated carbocycles. The van der Waals surface area contributed by atoms with Gasteiger partial charge in [0, 0.05) is 22.8 Å². The van der Waals surface area contributed by atoms with Gasteiger partial charge in [-0.2, -0.15) is 5.10 Å². The van der Waals surface area contributed by atoms with Gasteiger partial charge in [-0.05, 0) is 43.3 Å². The molecule has 1 heterocycles. The van der Waals surface area contributed by atoms with E-state index in [0.717, 1.165) is 0 Å². The number of anilines is 1. The average Bonchev–Trinajstić information content (AvgIpc) is 2.91. The summed E-state index contributed by atoms with van der Waals surface area (Å²) in [5, 5.41) is 18.2. The van der Waals surface area contributed by atoms with Gasteiger partial charge in [0.05, 0.1) is 28.1 Å². The van der Waals surface area contributed by atoms with E-state index in [9.17, 15) is 14.9 Å². The molecule has 0 aliphatic carbocycles. The van der Waals surface area contributed by atoms with Crippen LogP contribution in [0.4, 0.5) is 11.4 Å². The molecule has 132 valence electrons. The molecule has 0 aliphatic rings. The summed E-state index contributed by atoms with van der Waals surface area (Å²) in [5.74, 6) is 0. The lowest BCUT2D eigenvalue weighted by Crippen LogP contribution is -2.17. The van der Waals surface area contributed by atoms with E-state index in [2.05, 4.69) is 15.6 Å². The fraction of sp³-hybridized carbons (Fsp3) is 0.0588. The maximum Gasteiger partial charge on any atom is 0.280 e. The Morgan fingerprint density at radius 3 is 2.46 bits per heavy atom. The van der Waals surface area contributed by atoms with Gasteiger partial charge in [-0.1, -0.05) is 11.6 Å². The van der Waals surface area contributed by atoms with Gasteiger partial charge in [0.25, 0.3) is 11.2 Å². The molecular weight excluding hydrogens is 358 g/mol. The van der Waals surface area contributed by atoms with E-state index in [-0.39, 0.29) is 11.2 Å². The number of hydrogen-bond donors (Lipinski definition) is 2. The molecule has 2 N–H and O–H groups in total. The standard InChI is InChI=1S/C17H14ClN5O3/c1-11-16(10-19-20-13-4-8-15(9-5-13)23(25)26)17(24)22(21-11)14-6-2-12(18)3-7-14/h2-10,20-21H,1H3/b19-10-. The molecule has 0 amide bonds. The molecule has 8 nitrogen and oxygen atoms in total. The minimum atomic E-state index is -0.477.